The van der Waals surface area contributed by atoms with E-state index >= 15 is 0 Å². The molecule has 1 saturated carbocycles. The molecular weight excluding hydrogens is 556 g/mol. The Balaban J connectivity index is 1.23. The van der Waals surface area contributed by atoms with Gasteiger partial charge in [-0.15, -0.1) is 0 Å². The summed E-state index contributed by atoms with van der Waals surface area (Å²) in [4.78, 5) is 26.7. The van der Waals surface area contributed by atoms with Gasteiger partial charge in [0.1, 0.15) is 11.6 Å². The van der Waals surface area contributed by atoms with Crippen molar-refractivity contribution in [3.05, 3.63) is 107 Å². The summed E-state index contributed by atoms with van der Waals surface area (Å²) in [5.41, 5.74) is 3.14. The van der Waals surface area contributed by atoms with Gasteiger partial charge in [-0.1, -0.05) is 120 Å². The summed E-state index contributed by atoms with van der Waals surface area (Å²) in [6.45, 7) is 10.1. The second-order valence-corrected chi connectivity index (χ2v) is 14.7. The highest BCUT2D eigenvalue weighted by Crippen LogP contribution is 2.47. The van der Waals surface area contributed by atoms with Crippen LogP contribution in [0.15, 0.2) is 84.9 Å². The predicted octanol–water partition coefficient (Wildman–Crippen LogP) is 9.04. The van der Waals surface area contributed by atoms with Gasteiger partial charge in [-0.2, -0.15) is 0 Å². The Hall–Kier alpha value is -3.08. The Morgan fingerprint density at radius 2 is 1.20 bits per heavy atom. The fraction of sp³-hybridized carbons (Fsp3) is 0.512. The monoisotopic (exact) mass is 610 g/mol. The molecule has 5 atom stereocenters. The van der Waals surface area contributed by atoms with Gasteiger partial charge in [-0.05, 0) is 86.0 Å². The molecule has 1 aliphatic carbocycles. The highest BCUT2D eigenvalue weighted by atomic mass is 16.3. The first-order valence-electron chi connectivity index (χ1n) is 17.0. The molecule has 2 N–H and O–H groups in total. The van der Waals surface area contributed by atoms with Gasteiger partial charge in [0.05, 0.1) is 12.2 Å². The standard InChI is InChI=1S/C41H54O4/c1-6-31(18-17-29-13-9-7-10-14-29)38(44)40(2,3)25-23-36(42)32-19-21-33(22-20-32)37(43)24-26-41(4,5)39(45)35-28-34(35)27-30-15-11-8-12-16-30/h7-16,19-22,31,34-37,42-43H,6,17-18,23-28H2,1-5H3/t31?,34-,35?,36?,37?/m1/s1. The van der Waals surface area contributed by atoms with Gasteiger partial charge in [-0.3, -0.25) is 9.59 Å². The molecule has 0 aliphatic heterocycles. The lowest BCUT2D eigenvalue weighted by Crippen LogP contribution is -2.31. The summed E-state index contributed by atoms with van der Waals surface area (Å²) in [7, 11) is 0. The van der Waals surface area contributed by atoms with Gasteiger partial charge < -0.3 is 10.2 Å². The van der Waals surface area contributed by atoms with Crippen molar-refractivity contribution in [2.24, 2.45) is 28.6 Å². The molecule has 0 bridgehead atoms. The summed E-state index contributed by atoms with van der Waals surface area (Å²) in [5, 5.41) is 21.9. The molecule has 0 heterocycles. The van der Waals surface area contributed by atoms with E-state index in [0.29, 0.717) is 37.4 Å². The van der Waals surface area contributed by atoms with Crippen LogP contribution in [0.5, 0.6) is 0 Å². The minimum absolute atomic E-state index is 0.0124. The molecule has 0 saturated heterocycles. The van der Waals surface area contributed by atoms with Gasteiger partial charge in [0, 0.05) is 22.7 Å². The molecule has 0 spiro atoms. The first-order valence-corrected chi connectivity index (χ1v) is 17.0. The molecular formula is C41H54O4. The number of ketones is 2. The highest BCUT2D eigenvalue weighted by Gasteiger charge is 2.47. The third-order valence-corrected chi connectivity index (χ3v) is 10.2. The van der Waals surface area contributed by atoms with Crippen molar-refractivity contribution in [2.75, 3.05) is 0 Å². The van der Waals surface area contributed by atoms with E-state index in [9.17, 15) is 19.8 Å². The normalized spacial score (nSPS) is 18.6. The van der Waals surface area contributed by atoms with Crippen molar-refractivity contribution in [3.8, 4) is 0 Å². The van der Waals surface area contributed by atoms with E-state index in [1.807, 2.05) is 88.4 Å². The average molecular weight is 611 g/mol. The van der Waals surface area contributed by atoms with E-state index < -0.39 is 23.0 Å². The number of aryl methyl sites for hydroxylation is 1. The first kappa shape index (κ1) is 34.8. The van der Waals surface area contributed by atoms with Crippen molar-refractivity contribution in [1.29, 1.82) is 0 Å². The summed E-state index contributed by atoms with van der Waals surface area (Å²) in [6.07, 6.45) is 5.37. The van der Waals surface area contributed by atoms with Gasteiger partial charge in [0.25, 0.3) is 0 Å². The van der Waals surface area contributed by atoms with Gasteiger partial charge >= 0.3 is 0 Å². The number of hydrogen-bond donors (Lipinski definition) is 2. The molecule has 1 aliphatic rings. The van der Waals surface area contributed by atoms with Crippen molar-refractivity contribution >= 4 is 11.6 Å². The quantitative estimate of drug-likeness (QED) is 0.151. The molecule has 4 rings (SSSR count). The van der Waals surface area contributed by atoms with E-state index in [4.69, 9.17) is 0 Å². The maximum atomic E-state index is 13.5. The SMILES string of the molecule is CCC(CCc1ccccc1)C(=O)C(C)(C)CCC(O)c1ccc(C(O)CCC(C)(C)C(=O)C2C[C@H]2Cc2ccccc2)cc1. The molecule has 0 aromatic heterocycles. The molecule has 4 heteroatoms. The fourth-order valence-electron chi connectivity index (χ4n) is 6.79. The van der Waals surface area contributed by atoms with E-state index in [1.54, 1.807) is 0 Å². The third kappa shape index (κ3) is 9.70. The molecule has 0 radical (unpaired) electrons. The number of carbonyl (C=O) groups excluding carboxylic acids is 2. The van der Waals surface area contributed by atoms with E-state index in [1.165, 1.54) is 11.1 Å². The first-order chi connectivity index (χ1) is 21.4. The van der Waals surface area contributed by atoms with E-state index in [-0.39, 0.29) is 17.6 Å². The van der Waals surface area contributed by atoms with Gasteiger partial charge in [-0.25, -0.2) is 0 Å². The predicted molar refractivity (Wildman–Crippen MR) is 183 cm³/mol. The Labute approximate surface area is 271 Å². The lowest BCUT2D eigenvalue weighted by Gasteiger charge is -2.29. The Kier molecular flexibility index (Phi) is 12.0. The van der Waals surface area contributed by atoms with Gasteiger partial charge in [0.2, 0.25) is 0 Å². The van der Waals surface area contributed by atoms with Crippen LogP contribution in [0, 0.1) is 28.6 Å². The zero-order chi connectivity index (χ0) is 32.6. The molecule has 4 unspecified atom stereocenters. The van der Waals surface area contributed by atoms with Crippen LogP contribution < -0.4 is 0 Å². The minimum Gasteiger partial charge on any atom is -0.388 e. The summed E-state index contributed by atoms with van der Waals surface area (Å²) < 4.78 is 0. The van der Waals surface area contributed by atoms with Crippen LogP contribution in [0.4, 0.5) is 0 Å². The van der Waals surface area contributed by atoms with E-state index in [2.05, 4.69) is 31.2 Å². The van der Waals surface area contributed by atoms with Crippen LogP contribution in [0.25, 0.3) is 0 Å². The van der Waals surface area contributed by atoms with E-state index in [0.717, 1.165) is 43.2 Å². The summed E-state index contributed by atoms with van der Waals surface area (Å²) in [5.74, 6) is 1.16. The maximum Gasteiger partial charge on any atom is 0.141 e. The topological polar surface area (TPSA) is 74.6 Å². The van der Waals surface area contributed by atoms with Crippen LogP contribution in [0.1, 0.15) is 114 Å². The molecule has 0 amide bonds. The average Bonchev–Trinajstić information content (AvgIpc) is 3.82. The minimum atomic E-state index is -0.674. The Morgan fingerprint density at radius 3 is 1.71 bits per heavy atom. The largest absolute Gasteiger partial charge is 0.388 e. The zero-order valence-electron chi connectivity index (χ0n) is 28.0. The number of aliphatic hydroxyl groups excluding tert-OH is 2. The Morgan fingerprint density at radius 1 is 0.711 bits per heavy atom. The smallest absolute Gasteiger partial charge is 0.141 e. The number of benzene rings is 3. The van der Waals surface area contributed by atoms with Crippen molar-refractivity contribution < 1.29 is 19.8 Å². The second-order valence-electron chi connectivity index (χ2n) is 14.7. The van der Waals surface area contributed by atoms with Crippen LogP contribution in [0.2, 0.25) is 0 Å². The lowest BCUT2D eigenvalue weighted by atomic mass is 9.74. The number of Topliss-reactive ketones (excluding diaryl/α,β-unsaturated/α-hetero) is 2. The molecule has 3 aromatic rings. The maximum absolute atomic E-state index is 13.5. The summed E-state index contributed by atoms with van der Waals surface area (Å²) in [6, 6.07) is 28.2. The highest BCUT2D eigenvalue weighted by molar-refractivity contribution is 5.88. The van der Waals surface area contributed by atoms with Crippen molar-refractivity contribution in [1.82, 2.24) is 0 Å². The number of aliphatic hydroxyl groups is 2. The molecule has 3 aromatic carbocycles. The zero-order valence-corrected chi connectivity index (χ0v) is 28.0. The summed E-state index contributed by atoms with van der Waals surface area (Å²) >= 11 is 0. The van der Waals surface area contributed by atoms with Crippen LogP contribution in [-0.2, 0) is 22.4 Å². The van der Waals surface area contributed by atoms with Gasteiger partial charge in [0.15, 0.2) is 0 Å². The van der Waals surface area contributed by atoms with Crippen LogP contribution >= 0.6 is 0 Å². The number of carbonyl (C=O) groups is 2. The van der Waals surface area contributed by atoms with Crippen molar-refractivity contribution in [3.63, 3.8) is 0 Å². The fourth-order valence-corrected chi connectivity index (χ4v) is 6.79. The molecule has 45 heavy (non-hydrogen) atoms. The van der Waals surface area contributed by atoms with Crippen LogP contribution in [0.3, 0.4) is 0 Å². The Bertz CT molecular complexity index is 1360. The molecule has 1 fully saturated rings. The second kappa shape index (κ2) is 15.5. The molecule has 4 nitrogen and oxygen atoms in total. The van der Waals surface area contributed by atoms with Crippen LogP contribution in [-0.4, -0.2) is 21.8 Å². The number of rotatable bonds is 18. The molecule has 242 valence electrons. The number of hydrogen-bond acceptors (Lipinski definition) is 4. The van der Waals surface area contributed by atoms with Crippen molar-refractivity contribution in [2.45, 2.75) is 105 Å². The lowest BCUT2D eigenvalue weighted by molar-refractivity contribution is -0.132. The third-order valence-electron chi connectivity index (χ3n) is 10.2.